The van der Waals surface area contributed by atoms with Crippen molar-refractivity contribution in [2.24, 2.45) is 0 Å². The first-order chi connectivity index (χ1) is 7.86. The van der Waals surface area contributed by atoms with Gasteiger partial charge in [-0.1, -0.05) is 23.7 Å². The van der Waals surface area contributed by atoms with Crippen LogP contribution in [0.15, 0.2) is 30.5 Å². The molecule has 1 N–H and O–H groups in total. The van der Waals surface area contributed by atoms with Crippen molar-refractivity contribution in [2.45, 2.75) is 12.3 Å². The van der Waals surface area contributed by atoms with Crippen LogP contribution in [0.2, 0.25) is 5.02 Å². The molecule has 2 nitrogen and oxygen atoms in total. The fraction of sp³-hybridized carbons (Fsp3) is 0.308. The van der Waals surface area contributed by atoms with Crippen LogP contribution < -0.4 is 5.32 Å². The third kappa shape index (κ3) is 1.58. The van der Waals surface area contributed by atoms with Gasteiger partial charge in [0.05, 0.1) is 5.52 Å². The molecule has 16 heavy (non-hydrogen) atoms. The Labute approximate surface area is 99.6 Å². The zero-order valence-electron chi connectivity index (χ0n) is 8.91. The Morgan fingerprint density at radius 1 is 1.31 bits per heavy atom. The van der Waals surface area contributed by atoms with Crippen LogP contribution in [0.1, 0.15) is 17.9 Å². The topological polar surface area (TPSA) is 24.9 Å². The SMILES string of the molecule is Clc1ccc2cccnc2c1C1CCNC1. The number of pyridine rings is 1. The molecule has 1 saturated heterocycles. The lowest BCUT2D eigenvalue weighted by Crippen LogP contribution is -2.08. The summed E-state index contributed by atoms with van der Waals surface area (Å²) in [5.74, 6) is 0.506. The van der Waals surface area contributed by atoms with Gasteiger partial charge in [0, 0.05) is 34.6 Å². The van der Waals surface area contributed by atoms with E-state index in [2.05, 4.69) is 16.4 Å². The lowest BCUT2D eigenvalue weighted by Gasteiger charge is -2.13. The van der Waals surface area contributed by atoms with Gasteiger partial charge >= 0.3 is 0 Å². The zero-order chi connectivity index (χ0) is 11.0. The molecule has 3 rings (SSSR count). The van der Waals surface area contributed by atoms with Crippen LogP contribution in [0.25, 0.3) is 10.9 Å². The highest BCUT2D eigenvalue weighted by molar-refractivity contribution is 6.32. The first-order valence-corrected chi connectivity index (χ1v) is 5.98. The lowest BCUT2D eigenvalue weighted by molar-refractivity contribution is 0.768. The van der Waals surface area contributed by atoms with Crippen molar-refractivity contribution in [3.8, 4) is 0 Å². The zero-order valence-corrected chi connectivity index (χ0v) is 9.67. The third-order valence-electron chi connectivity index (χ3n) is 3.23. The highest BCUT2D eigenvalue weighted by atomic mass is 35.5. The number of rotatable bonds is 1. The molecule has 1 aliphatic rings. The van der Waals surface area contributed by atoms with Gasteiger partial charge in [-0.3, -0.25) is 4.98 Å². The van der Waals surface area contributed by atoms with Gasteiger partial charge in [0.15, 0.2) is 0 Å². The first-order valence-electron chi connectivity index (χ1n) is 5.60. The molecular formula is C13H13ClN2. The smallest absolute Gasteiger partial charge is 0.0752 e. The lowest BCUT2D eigenvalue weighted by atomic mass is 9.95. The number of hydrogen-bond donors (Lipinski definition) is 1. The second-order valence-electron chi connectivity index (χ2n) is 4.23. The Kier molecular flexibility index (Phi) is 2.54. The number of benzene rings is 1. The molecular weight excluding hydrogens is 220 g/mol. The molecule has 1 fully saturated rings. The highest BCUT2D eigenvalue weighted by Gasteiger charge is 2.21. The molecule has 2 heterocycles. The molecule has 0 spiro atoms. The van der Waals surface area contributed by atoms with E-state index >= 15 is 0 Å². The second-order valence-corrected chi connectivity index (χ2v) is 4.63. The maximum Gasteiger partial charge on any atom is 0.0752 e. The maximum absolute atomic E-state index is 6.32. The van der Waals surface area contributed by atoms with E-state index in [0.29, 0.717) is 5.92 Å². The summed E-state index contributed by atoms with van der Waals surface area (Å²) < 4.78 is 0. The van der Waals surface area contributed by atoms with Crippen molar-refractivity contribution < 1.29 is 0 Å². The van der Waals surface area contributed by atoms with Crippen molar-refractivity contribution in [2.75, 3.05) is 13.1 Å². The number of hydrogen-bond acceptors (Lipinski definition) is 2. The van der Waals surface area contributed by atoms with Crippen LogP contribution in [0, 0.1) is 0 Å². The second kappa shape index (κ2) is 4.04. The summed E-state index contributed by atoms with van der Waals surface area (Å²) in [6.45, 7) is 2.08. The van der Waals surface area contributed by atoms with Crippen LogP contribution >= 0.6 is 11.6 Å². The largest absolute Gasteiger partial charge is 0.316 e. The van der Waals surface area contributed by atoms with Crippen LogP contribution in [-0.4, -0.2) is 18.1 Å². The summed E-state index contributed by atoms with van der Waals surface area (Å²) in [6.07, 6.45) is 2.99. The highest BCUT2D eigenvalue weighted by Crippen LogP contribution is 2.34. The minimum Gasteiger partial charge on any atom is -0.316 e. The summed E-state index contributed by atoms with van der Waals surface area (Å²) in [6, 6.07) is 8.08. The number of nitrogens with zero attached hydrogens (tertiary/aromatic N) is 1. The average molecular weight is 233 g/mol. The number of aromatic nitrogens is 1. The minimum absolute atomic E-state index is 0.506. The van der Waals surface area contributed by atoms with E-state index < -0.39 is 0 Å². The van der Waals surface area contributed by atoms with Gasteiger partial charge in [0.25, 0.3) is 0 Å². The summed E-state index contributed by atoms with van der Waals surface area (Å²) in [5, 5.41) is 5.40. The van der Waals surface area contributed by atoms with Gasteiger partial charge in [-0.05, 0) is 25.1 Å². The number of halogens is 1. The molecule has 0 saturated carbocycles. The Morgan fingerprint density at radius 3 is 3.06 bits per heavy atom. The monoisotopic (exact) mass is 232 g/mol. The van der Waals surface area contributed by atoms with E-state index in [1.54, 1.807) is 0 Å². The molecule has 0 bridgehead atoms. The van der Waals surface area contributed by atoms with Crippen LogP contribution in [0.3, 0.4) is 0 Å². The maximum atomic E-state index is 6.32. The van der Waals surface area contributed by atoms with Gasteiger partial charge in [-0.2, -0.15) is 0 Å². The van der Waals surface area contributed by atoms with Crippen molar-refractivity contribution in [1.82, 2.24) is 10.3 Å². The Bertz CT molecular complexity index is 518. The Hall–Kier alpha value is -1.12. The van der Waals surface area contributed by atoms with E-state index in [0.717, 1.165) is 30.0 Å². The molecule has 1 aromatic carbocycles. The van der Waals surface area contributed by atoms with Crippen molar-refractivity contribution >= 4 is 22.5 Å². The quantitative estimate of drug-likeness (QED) is 0.818. The van der Waals surface area contributed by atoms with Crippen molar-refractivity contribution in [3.63, 3.8) is 0 Å². The summed E-state index contributed by atoms with van der Waals surface area (Å²) in [7, 11) is 0. The van der Waals surface area contributed by atoms with Gasteiger partial charge in [-0.25, -0.2) is 0 Å². The van der Waals surface area contributed by atoms with Crippen LogP contribution in [0.4, 0.5) is 0 Å². The predicted octanol–water partition coefficient (Wildman–Crippen LogP) is 2.97. The van der Waals surface area contributed by atoms with Gasteiger partial charge < -0.3 is 5.32 Å². The van der Waals surface area contributed by atoms with Gasteiger partial charge in [0.2, 0.25) is 0 Å². The van der Waals surface area contributed by atoms with E-state index in [4.69, 9.17) is 11.6 Å². The summed E-state index contributed by atoms with van der Waals surface area (Å²) in [4.78, 5) is 4.47. The molecule has 1 unspecified atom stereocenters. The average Bonchev–Trinajstić information content (AvgIpc) is 2.82. The van der Waals surface area contributed by atoms with Gasteiger partial charge in [0.1, 0.15) is 0 Å². The minimum atomic E-state index is 0.506. The summed E-state index contributed by atoms with van der Waals surface area (Å²) >= 11 is 6.32. The third-order valence-corrected chi connectivity index (χ3v) is 3.56. The predicted molar refractivity (Wildman–Crippen MR) is 67.0 cm³/mol. The molecule has 1 aliphatic heterocycles. The Balaban J connectivity index is 2.23. The molecule has 82 valence electrons. The van der Waals surface area contributed by atoms with Crippen LogP contribution in [0.5, 0.6) is 0 Å². The molecule has 0 aliphatic carbocycles. The fourth-order valence-corrected chi connectivity index (χ4v) is 2.74. The Morgan fingerprint density at radius 2 is 2.25 bits per heavy atom. The fourth-order valence-electron chi connectivity index (χ4n) is 2.43. The van der Waals surface area contributed by atoms with E-state index in [1.165, 1.54) is 10.9 Å². The number of nitrogens with one attached hydrogen (secondary N) is 1. The van der Waals surface area contributed by atoms with E-state index in [9.17, 15) is 0 Å². The standard InChI is InChI=1S/C13H13ClN2/c14-11-4-3-9-2-1-6-16-13(9)12(11)10-5-7-15-8-10/h1-4,6,10,15H,5,7-8H2. The molecule has 2 aromatic rings. The number of fused-ring (bicyclic) bond motifs is 1. The first kappa shape index (κ1) is 10.1. The normalized spacial score (nSPS) is 20.4. The molecule has 3 heteroatoms. The van der Waals surface area contributed by atoms with E-state index in [1.807, 2.05) is 24.4 Å². The molecule has 1 aromatic heterocycles. The van der Waals surface area contributed by atoms with Crippen LogP contribution in [-0.2, 0) is 0 Å². The van der Waals surface area contributed by atoms with E-state index in [-0.39, 0.29) is 0 Å². The molecule has 0 amide bonds. The molecule has 1 atom stereocenters. The van der Waals surface area contributed by atoms with Crippen molar-refractivity contribution in [3.05, 3.63) is 41.0 Å². The van der Waals surface area contributed by atoms with Gasteiger partial charge in [-0.15, -0.1) is 0 Å². The molecule has 0 radical (unpaired) electrons. The van der Waals surface area contributed by atoms with Crippen molar-refractivity contribution in [1.29, 1.82) is 0 Å². The summed E-state index contributed by atoms with van der Waals surface area (Å²) in [5.41, 5.74) is 2.27.